The second-order valence-corrected chi connectivity index (χ2v) is 4.55. The zero-order valence-corrected chi connectivity index (χ0v) is 11.0. The van der Waals surface area contributed by atoms with Gasteiger partial charge in [-0.2, -0.15) is 0 Å². The summed E-state index contributed by atoms with van der Waals surface area (Å²) in [5.74, 6) is 5.15. The van der Waals surface area contributed by atoms with Crippen LogP contribution in [0.15, 0.2) is 42.5 Å². The van der Waals surface area contributed by atoms with E-state index in [0.29, 0.717) is 5.56 Å². The van der Waals surface area contributed by atoms with Crippen LogP contribution in [0.1, 0.15) is 21.5 Å². The maximum Gasteiger partial charge on any atom is 0.255 e. The highest BCUT2D eigenvalue weighted by Crippen LogP contribution is 2.15. The normalized spacial score (nSPS) is 10.1. The van der Waals surface area contributed by atoms with Crippen molar-refractivity contribution in [1.29, 1.82) is 0 Å². The van der Waals surface area contributed by atoms with Crippen molar-refractivity contribution in [3.63, 3.8) is 0 Å². The number of nitrogens with two attached hydrogens (primary N) is 1. The molecule has 0 unspecified atom stereocenters. The van der Waals surface area contributed by atoms with Gasteiger partial charge in [0.25, 0.3) is 5.91 Å². The van der Waals surface area contributed by atoms with Gasteiger partial charge in [-0.15, -0.1) is 0 Å². The first kappa shape index (κ1) is 13.1. The van der Waals surface area contributed by atoms with Crippen LogP contribution < -0.4 is 16.6 Å². The Balaban J connectivity index is 2.15. The third-order valence-corrected chi connectivity index (χ3v) is 2.79. The largest absolute Gasteiger partial charge is 0.324 e. The van der Waals surface area contributed by atoms with Gasteiger partial charge in [0, 0.05) is 16.9 Å². The van der Waals surface area contributed by atoms with Gasteiger partial charge in [-0.25, -0.2) is 0 Å². The van der Waals surface area contributed by atoms with Gasteiger partial charge in [0.1, 0.15) is 0 Å². The predicted octanol–water partition coefficient (Wildman–Crippen LogP) is 2.84. The predicted molar refractivity (Wildman–Crippen MR) is 78.1 cm³/mol. The standard InChI is InChI=1S/C15H17N3O/c1-10-7-11(2)9-14(8-10)17-15(19)12-3-5-13(18-16)6-4-12/h3-9,18H,16H2,1-2H3,(H,17,19). The number of carbonyl (C=O) groups is 1. The van der Waals surface area contributed by atoms with Crippen molar-refractivity contribution in [3.05, 3.63) is 59.2 Å². The molecule has 0 aliphatic carbocycles. The number of hydrogen-bond donors (Lipinski definition) is 3. The molecule has 98 valence electrons. The van der Waals surface area contributed by atoms with Crippen LogP contribution in [0.25, 0.3) is 0 Å². The van der Waals surface area contributed by atoms with E-state index in [1.165, 1.54) is 0 Å². The second kappa shape index (κ2) is 5.54. The molecule has 2 aromatic rings. The van der Waals surface area contributed by atoms with E-state index < -0.39 is 0 Å². The Labute approximate surface area is 112 Å². The van der Waals surface area contributed by atoms with E-state index in [4.69, 9.17) is 5.84 Å². The molecule has 0 bridgehead atoms. The highest BCUT2D eigenvalue weighted by Gasteiger charge is 2.06. The molecule has 4 heteroatoms. The van der Waals surface area contributed by atoms with E-state index in [-0.39, 0.29) is 5.91 Å². The summed E-state index contributed by atoms with van der Waals surface area (Å²) in [6.07, 6.45) is 0. The molecule has 1 amide bonds. The molecule has 0 saturated heterocycles. The third-order valence-electron chi connectivity index (χ3n) is 2.79. The number of anilines is 2. The summed E-state index contributed by atoms with van der Waals surface area (Å²) >= 11 is 0. The van der Waals surface area contributed by atoms with Crippen molar-refractivity contribution in [1.82, 2.24) is 0 Å². The summed E-state index contributed by atoms with van der Waals surface area (Å²) < 4.78 is 0. The minimum absolute atomic E-state index is 0.131. The number of rotatable bonds is 3. The number of hydrazine groups is 1. The van der Waals surface area contributed by atoms with Crippen LogP contribution in [0.5, 0.6) is 0 Å². The molecule has 0 aliphatic heterocycles. The average Bonchev–Trinajstić information content (AvgIpc) is 2.37. The van der Waals surface area contributed by atoms with Crippen LogP contribution in [0.4, 0.5) is 11.4 Å². The lowest BCUT2D eigenvalue weighted by molar-refractivity contribution is 0.102. The Kier molecular flexibility index (Phi) is 3.82. The van der Waals surface area contributed by atoms with E-state index in [9.17, 15) is 4.79 Å². The first-order valence-electron chi connectivity index (χ1n) is 6.05. The molecule has 4 N–H and O–H groups in total. The van der Waals surface area contributed by atoms with Crippen molar-refractivity contribution in [2.24, 2.45) is 5.84 Å². The molecule has 0 spiro atoms. The number of nitrogens with one attached hydrogen (secondary N) is 2. The SMILES string of the molecule is Cc1cc(C)cc(NC(=O)c2ccc(NN)cc2)c1. The van der Waals surface area contributed by atoms with Crippen LogP contribution in [-0.2, 0) is 0 Å². The molecular weight excluding hydrogens is 238 g/mol. The molecule has 0 saturated carbocycles. The maximum absolute atomic E-state index is 12.1. The monoisotopic (exact) mass is 255 g/mol. The van der Waals surface area contributed by atoms with Crippen LogP contribution in [0.2, 0.25) is 0 Å². The number of hydrogen-bond acceptors (Lipinski definition) is 3. The van der Waals surface area contributed by atoms with Gasteiger partial charge >= 0.3 is 0 Å². The number of amides is 1. The lowest BCUT2D eigenvalue weighted by atomic mass is 10.1. The minimum atomic E-state index is -0.131. The van der Waals surface area contributed by atoms with E-state index in [2.05, 4.69) is 16.8 Å². The van der Waals surface area contributed by atoms with Crippen molar-refractivity contribution < 1.29 is 4.79 Å². The van der Waals surface area contributed by atoms with E-state index >= 15 is 0 Å². The smallest absolute Gasteiger partial charge is 0.255 e. The van der Waals surface area contributed by atoms with Gasteiger partial charge < -0.3 is 10.7 Å². The van der Waals surface area contributed by atoms with Gasteiger partial charge in [-0.1, -0.05) is 6.07 Å². The number of nitrogen functional groups attached to an aromatic ring is 1. The summed E-state index contributed by atoms with van der Waals surface area (Å²) in [6, 6.07) is 12.9. The molecule has 2 rings (SSSR count). The average molecular weight is 255 g/mol. The molecule has 0 aliphatic rings. The summed E-state index contributed by atoms with van der Waals surface area (Å²) in [6.45, 7) is 4.01. The Bertz CT molecular complexity index is 571. The third kappa shape index (κ3) is 3.33. The van der Waals surface area contributed by atoms with Crippen LogP contribution in [0.3, 0.4) is 0 Å². The quantitative estimate of drug-likeness (QED) is 0.583. The van der Waals surface area contributed by atoms with E-state index in [0.717, 1.165) is 22.5 Å². The highest BCUT2D eigenvalue weighted by molar-refractivity contribution is 6.04. The molecule has 2 aromatic carbocycles. The van der Waals surface area contributed by atoms with Crippen LogP contribution in [0, 0.1) is 13.8 Å². The fraction of sp³-hybridized carbons (Fsp3) is 0.133. The van der Waals surface area contributed by atoms with Crippen molar-refractivity contribution in [2.45, 2.75) is 13.8 Å². The van der Waals surface area contributed by atoms with E-state index in [1.54, 1.807) is 24.3 Å². The highest BCUT2D eigenvalue weighted by atomic mass is 16.1. The minimum Gasteiger partial charge on any atom is -0.324 e. The molecule has 0 radical (unpaired) electrons. The molecule has 0 aromatic heterocycles. The second-order valence-electron chi connectivity index (χ2n) is 4.55. The van der Waals surface area contributed by atoms with Gasteiger partial charge in [-0.3, -0.25) is 10.6 Å². The Morgan fingerprint density at radius 2 is 1.53 bits per heavy atom. The first-order chi connectivity index (χ1) is 9.08. The summed E-state index contributed by atoms with van der Waals surface area (Å²) in [5, 5.41) is 2.89. The Morgan fingerprint density at radius 3 is 2.05 bits per heavy atom. The topological polar surface area (TPSA) is 67.2 Å². The molecule has 19 heavy (non-hydrogen) atoms. The summed E-state index contributed by atoms with van der Waals surface area (Å²) in [5.41, 5.74) is 6.94. The fourth-order valence-electron chi connectivity index (χ4n) is 1.97. The molecule has 0 atom stereocenters. The molecular formula is C15H17N3O. The van der Waals surface area contributed by atoms with Gasteiger partial charge in [0.2, 0.25) is 0 Å². The Morgan fingerprint density at radius 1 is 0.947 bits per heavy atom. The number of aryl methyl sites for hydroxylation is 2. The number of benzene rings is 2. The fourth-order valence-corrected chi connectivity index (χ4v) is 1.97. The van der Waals surface area contributed by atoms with Crippen molar-refractivity contribution in [2.75, 3.05) is 10.7 Å². The first-order valence-corrected chi connectivity index (χ1v) is 6.05. The van der Waals surface area contributed by atoms with Crippen LogP contribution in [-0.4, -0.2) is 5.91 Å². The summed E-state index contributed by atoms with van der Waals surface area (Å²) in [7, 11) is 0. The van der Waals surface area contributed by atoms with E-state index in [1.807, 2.05) is 26.0 Å². The number of carbonyl (C=O) groups excluding carboxylic acids is 1. The Hall–Kier alpha value is -2.33. The summed E-state index contributed by atoms with van der Waals surface area (Å²) in [4.78, 5) is 12.1. The van der Waals surface area contributed by atoms with Crippen molar-refractivity contribution in [3.8, 4) is 0 Å². The van der Waals surface area contributed by atoms with Gasteiger partial charge in [0.15, 0.2) is 0 Å². The molecule has 4 nitrogen and oxygen atoms in total. The molecule has 0 heterocycles. The zero-order valence-electron chi connectivity index (χ0n) is 11.0. The lowest BCUT2D eigenvalue weighted by Gasteiger charge is -2.08. The van der Waals surface area contributed by atoms with Crippen molar-refractivity contribution >= 4 is 17.3 Å². The molecule has 0 fully saturated rings. The van der Waals surface area contributed by atoms with Crippen LogP contribution >= 0.6 is 0 Å². The van der Waals surface area contributed by atoms with Gasteiger partial charge in [-0.05, 0) is 61.4 Å². The zero-order chi connectivity index (χ0) is 13.8. The maximum atomic E-state index is 12.1. The lowest BCUT2D eigenvalue weighted by Crippen LogP contribution is -2.12. The van der Waals surface area contributed by atoms with Gasteiger partial charge in [0.05, 0.1) is 0 Å².